The van der Waals surface area contributed by atoms with E-state index in [0.29, 0.717) is 11.3 Å². The Kier molecular flexibility index (Phi) is 4.26. The number of aromatic nitrogens is 3. The third kappa shape index (κ3) is 3.11. The molecule has 0 fully saturated rings. The van der Waals surface area contributed by atoms with Gasteiger partial charge in [0.1, 0.15) is 11.4 Å². The Morgan fingerprint density at radius 2 is 1.96 bits per heavy atom. The van der Waals surface area contributed by atoms with Crippen LogP contribution in [0.3, 0.4) is 0 Å². The minimum atomic E-state index is -0.189. The van der Waals surface area contributed by atoms with Crippen molar-refractivity contribution in [3.05, 3.63) is 76.9 Å². The fourth-order valence-electron chi connectivity index (χ4n) is 2.88. The first-order chi connectivity index (χ1) is 12.6. The van der Waals surface area contributed by atoms with Gasteiger partial charge in [-0.1, -0.05) is 36.4 Å². The highest BCUT2D eigenvalue weighted by atomic mass is 32.1. The normalized spacial score (nSPS) is 12.2. The molecular formula is C20H18N4OS. The van der Waals surface area contributed by atoms with E-state index >= 15 is 0 Å². The number of thiophene rings is 1. The quantitative estimate of drug-likeness (QED) is 0.590. The number of nitrogens with one attached hydrogen (secondary N) is 1. The first kappa shape index (κ1) is 16.5. The first-order valence-electron chi connectivity index (χ1n) is 8.39. The van der Waals surface area contributed by atoms with Crippen LogP contribution in [-0.4, -0.2) is 20.5 Å². The van der Waals surface area contributed by atoms with Gasteiger partial charge in [0.25, 0.3) is 5.91 Å². The maximum atomic E-state index is 12.7. The third-order valence-electron chi connectivity index (χ3n) is 4.26. The van der Waals surface area contributed by atoms with Crippen LogP contribution < -0.4 is 5.32 Å². The van der Waals surface area contributed by atoms with E-state index in [1.54, 1.807) is 21.9 Å². The van der Waals surface area contributed by atoms with E-state index in [4.69, 9.17) is 0 Å². The molecule has 3 heterocycles. The van der Waals surface area contributed by atoms with Crippen molar-refractivity contribution in [3.63, 3.8) is 0 Å². The largest absolute Gasteiger partial charge is 0.344 e. The van der Waals surface area contributed by atoms with Crippen LogP contribution in [-0.2, 0) is 0 Å². The molecule has 4 aromatic rings. The molecular weight excluding hydrogens is 344 g/mol. The Morgan fingerprint density at radius 1 is 1.15 bits per heavy atom. The molecule has 0 aliphatic carbocycles. The average molecular weight is 362 g/mol. The second-order valence-electron chi connectivity index (χ2n) is 6.17. The Morgan fingerprint density at radius 3 is 2.69 bits per heavy atom. The van der Waals surface area contributed by atoms with Gasteiger partial charge in [-0.15, -0.1) is 11.3 Å². The maximum Gasteiger partial charge on any atom is 0.270 e. The first-order valence-corrected chi connectivity index (χ1v) is 9.27. The molecule has 0 aliphatic rings. The van der Waals surface area contributed by atoms with Gasteiger partial charge in [0, 0.05) is 11.8 Å². The molecule has 0 aliphatic heterocycles. The van der Waals surface area contributed by atoms with E-state index in [1.165, 1.54) is 0 Å². The smallest absolute Gasteiger partial charge is 0.270 e. The molecule has 1 aromatic carbocycles. The van der Waals surface area contributed by atoms with E-state index < -0.39 is 0 Å². The minimum absolute atomic E-state index is 0.0892. The Bertz CT molecular complexity index is 1050. The predicted molar refractivity (Wildman–Crippen MR) is 103 cm³/mol. The van der Waals surface area contributed by atoms with Crippen LogP contribution in [0.2, 0.25) is 0 Å². The summed E-state index contributed by atoms with van der Waals surface area (Å²) in [6.45, 7) is 3.89. The highest BCUT2D eigenvalue weighted by Crippen LogP contribution is 2.24. The summed E-state index contributed by atoms with van der Waals surface area (Å²) in [4.78, 5) is 18.2. The number of nitrogens with zero attached hydrogens (tertiary/aromatic N) is 3. The lowest BCUT2D eigenvalue weighted by atomic mass is 10.1. The number of carbonyl (C=O) groups is 1. The summed E-state index contributed by atoms with van der Waals surface area (Å²) in [6.07, 6.45) is 0. The van der Waals surface area contributed by atoms with E-state index in [1.807, 2.05) is 67.8 Å². The number of fused-ring (bicyclic) bond motifs is 1. The summed E-state index contributed by atoms with van der Waals surface area (Å²) >= 11 is 1.63. The highest BCUT2D eigenvalue weighted by Gasteiger charge is 2.16. The lowest BCUT2D eigenvalue weighted by molar-refractivity contribution is 0.0935. The molecule has 0 spiro atoms. The molecule has 1 atom stereocenters. The molecule has 26 heavy (non-hydrogen) atoms. The zero-order chi connectivity index (χ0) is 18.1. The second kappa shape index (κ2) is 6.72. The molecule has 0 bridgehead atoms. The fourth-order valence-corrected chi connectivity index (χ4v) is 3.56. The lowest BCUT2D eigenvalue weighted by Gasteiger charge is -2.14. The molecule has 3 aromatic heterocycles. The summed E-state index contributed by atoms with van der Waals surface area (Å²) in [5.74, 6) is -0.189. The number of rotatable bonds is 4. The molecule has 5 nitrogen and oxygen atoms in total. The van der Waals surface area contributed by atoms with E-state index in [0.717, 1.165) is 21.8 Å². The standard InChI is InChI=1S/C20H18N4OS/c1-13-11-17(20(25)21-14(2)15-7-4-3-5-8-15)22-19-12-16(23-24(13)19)18-9-6-10-26-18/h3-12,14H,1-2H3,(H,21,25)/t14-/m1/s1. The van der Waals surface area contributed by atoms with Gasteiger partial charge in [0.15, 0.2) is 5.65 Å². The van der Waals surface area contributed by atoms with Crippen LogP contribution >= 0.6 is 11.3 Å². The summed E-state index contributed by atoms with van der Waals surface area (Å²) in [5.41, 5.74) is 3.87. The second-order valence-corrected chi connectivity index (χ2v) is 7.11. The van der Waals surface area contributed by atoms with Gasteiger partial charge in [-0.05, 0) is 36.9 Å². The Hall–Kier alpha value is -2.99. The average Bonchev–Trinajstić information content (AvgIpc) is 3.31. The predicted octanol–water partition coefficient (Wildman–Crippen LogP) is 4.26. The van der Waals surface area contributed by atoms with Gasteiger partial charge in [0.2, 0.25) is 0 Å². The molecule has 130 valence electrons. The molecule has 6 heteroatoms. The number of benzene rings is 1. The van der Waals surface area contributed by atoms with Gasteiger partial charge in [-0.2, -0.15) is 5.10 Å². The molecule has 4 rings (SSSR count). The third-order valence-corrected chi connectivity index (χ3v) is 5.15. The van der Waals surface area contributed by atoms with E-state index in [2.05, 4.69) is 15.4 Å². The molecule has 0 saturated carbocycles. The molecule has 0 saturated heterocycles. The van der Waals surface area contributed by atoms with Crippen LogP contribution in [0.25, 0.3) is 16.2 Å². The zero-order valence-electron chi connectivity index (χ0n) is 14.5. The highest BCUT2D eigenvalue weighted by molar-refractivity contribution is 7.13. The Labute approximate surface area is 155 Å². The van der Waals surface area contributed by atoms with Crippen molar-refractivity contribution in [1.29, 1.82) is 0 Å². The summed E-state index contributed by atoms with van der Waals surface area (Å²) in [6, 6.07) is 17.5. The number of hydrogen-bond donors (Lipinski definition) is 1. The SMILES string of the molecule is Cc1cc(C(=O)N[C@H](C)c2ccccc2)nc2cc(-c3cccs3)nn12. The van der Waals surface area contributed by atoms with Gasteiger partial charge < -0.3 is 5.32 Å². The maximum absolute atomic E-state index is 12.7. The fraction of sp³-hybridized carbons (Fsp3) is 0.150. The lowest BCUT2D eigenvalue weighted by Crippen LogP contribution is -2.27. The summed E-state index contributed by atoms with van der Waals surface area (Å²) < 4.78 is 1.77. The molecule has 1 amide bonds. The van der Waals surface area contributed by atoms with Crippen molar-refractivity contribution < 1.29 is 4.79 Å². The van der Waals surface area contributed by atoms with Crippen molar-refractivity contribution >= 4 is 22.9 Å². The molecule has 0 radical (unpaired) electrons. The van der Waals surface area contributed by atoms with Crippen LogP contribution in [0.4, 0.5) is 0 Å². The topological polar surface area (TPSA) is 59.3 Å². The zero-order valence-corrected chi connectivity index (χ0v) is 15.3. The van der Waals surface area contributed by atoms with Gasteiger partial charge in [-0.3, -0.25) is 4.79 Å². The molecule has 0 unspecified atom stereocenters. The van der Waals surface area contributed by atoms with Crippen LogP contribution in [0.1, 0.15) is 34.7 Å². The minimum Gasteiger partial charge on any atom is -0.344 e. The van der Waals surface area contributed by atoms with Crippen molar-refractivity contribution in [1.82, 2.24) is 19.9 Å². The number of aryl methyl sites for hydroxylation is 1. The van der Waals surface area contributed by atoms with Crippen LogP contribution in [0, 0.1) is 6.92 Å². The Balaban J connectivity index is 1.63. The van der Waals surface area contributed by atoms with E-state index in [9.17, 15) is 4.79 Å². The van der Waals surface area contributed by atoms with Gasteiger partial charge in [0.05, 0.1) is 10.9 Å². The van der Waals surface area contributed by atoms with E-state index in [-0.39, 0.29) is 11.9 Å². The van der Waals surface area contributed by atoms with Crippen LogP contribution in [0.15, 0.2) is 60.0 Å². The summed E-state index contributed by atoms with van der Waals surface area (Å²) in [7, 11) is 0. The van der Waals surface area contributed by atoms with Gasteiger partial charge in [-0.25, -0.2) is 9.50 Å². The van der Waals surface area contributed by atoms with Crippen molar-refractivity contribution in [2.75, 3.05) is 0 Å². The van der Waals surface area contributed by atoms with Crippen LogP contribution in [0.5, 0.6) is 0 Å². The van der Waals surface area contributed by atoms with Crippen molar-refractivity contribution in [2.24, 2.45) is 0 Å². The summed E-state index contributed by atoms with van der Waals surface area (Å²) in [5, 5.41) is 9.62. The molecule has 1 N–H and O–H groups in total. The van der Waals surface area contributed by atoms with Crippen molar-refractivity contribution in [2.45, 2.75) is 19.9 Å². The number of amides is 1. The monoisotopic (exact) mass is 362 g/mol. The van der Waals surface area contributed by atoms with Crippen molar-refractivity contribution in [3.8, 4) is 10.6 Å². The number of hydrogen-bond acceptors (Lipinski definition) is 4. The van der Waals surface area contributed by atoms with Gasteiger partial charge >= 0.3 is 0 Å². The number of carbonyl (C=O) groups excluding carboxylic acids is 1.